The van der Waals surface area contributed by atoms with Gasteiger partial charge >= 0.3 is 0 Å². The number of piperazine rings is 1. The minimum absolute atomic E-state index is 0.580. The van der Waals surface area contributed by atoms with Gasteiger partial charge in [-0.15, -0.1) is 0 Å². The Balaban J connectivity index is 1.45. The molecular formula is C16H26N4O2S. The van der Waals surface area contributed by atoms with Crippen LogP contribution in [0.15, 0.2) is 24.5 Å². The van der Waals surface area contributed by atoms with Crippen molar-refractivity contribution >= 4 is 10.2 Å². The second-order valence-electron chi connectivity index (χ2n) is 6.58. The van der Waals surface area contributed by atoms with Crippen LogP contribution < -0.4 is 0 Å². The molecular weight excluding hydrogens is 312 g/mol. The summed E-state index contributed by atoms with van der Waals surface area (Å²) in [6.07, 6.45) is 6.95. The van der Waals surface area contributed by atoms with Gasteiger partial charge < -0.3 is 4.90 Å². The summed E-state index contributed by atoms with van der Waals surface area (Å²) in [7, 11) is -1.56. The van der Waals surface area contributed by atoms with E-state index < -0.39 is 10.2 Å². The fraction of sp³-hybridized carbons (Fsp3) is 0.688. The quantitative estimate of drug-likeness (QED) is 0.739. The van der Waals surface area contributed by atoms with Crippen LogP contribution in [-0.4, -0.2) is 73.2 Å². The lowest BCUT2D eigenvalue weighted by molar-refractivity contribution is 0.184. The van der Waals surface area contributed by atoms with Gasteiger partial charge in [-0.3, -0.25) is 4.98 Å². The van der Waals surface area contributed by atoms with Crippen molar-refractivity contribution in [3.63, 3.8) is 0 Å². The van der Waals surface area contributed by atoms with Crippen LogP contribution >= 0.6 is 0 Å². The zero-order valence-corrected chi connectivity index (χ0v) is 14.6. The van der Waals surface area contributed by atoms with Crippen molar-refractivity contribution < 1.29 is 8.42 Å². The molecule has 0 spiro atoms. The van der Waals surface area contributed by atoms with E-state index in [1.807, 2.05) is 24.5 Å². The SMILES string of the molecule is CN(CC1CC1)S(=O)(=O)N1CCN(CCc2ccncc2)CC1. The molecule has 0 radical (unpaired) electrons. The highest BCUT2D eigenvalue weighted by atomic mass is 32.2. The molecule has 23 heavy (non-hydrogen) atoms. The predicted octanol–water partition coefficient (Wildman–Crippen LogP) is 0.828. The Hall–Kier alpha value is -1.02. The van der Waals surface area contributed by atoms with Crippen molar-refractivity contribution in [1.29, 1.82) is 0 Å². The second-order valence-corrected chi connectivity index (χ2v) is 8.61. The molecule has 2 fully saturated rings. The van der Waals surface area contributed by atoms with E-state index in [0.29, 0.717) is 25.6 Å². The minimum Gasteiger partial charge on any atom is -0.300 e. The summed E-state index contributed by atoms with van der Waals surface area (Å²) in [6.45, 7) is 4.44. The third kappa shape index (κ3) is 4.50. The van der Waals surface area contributed by atoms with E-state index in [-0.39, 0.29) is 0 Å². The monoisotopic (exact) mass is 338 g/mol. The Kier molecular flexibility index (Phi) is 5.31. The molecule has 1 saturated heterocycles. The lowest BCUT2D eigenvalue weighted by Crippen LogP contribution is -2.52. The van der Waals surface area contributed by atoms with E-state index in [1.54, 1.807) is 11.4 Å². The summed E-state index contributed by atoms with van der Waals surface area (Å²) in [5.41, 5.74) is 1.28. The molecule has 0 amide bonds. The molecule has 1 saturated carbocycles. The van der Waals surface area contributed by atoms with Gasteiger partial charge in [0, 0.05) is 58.7 Å². The number of aromatic nitrogens is 1. The van der Waals surface area contributed by atoms with Gasteiger partial charge in [0.15, 0.2) is 0 Å². The Morgan fingerprint density at radius 3 is 2.43 bits per heavy atom. The first kappa shape index (κ1) is 16.8. The van der Waals surface area contributed by atoms with Crippen molar-refractivity contribution in [3.05, 3.63) is 30.1 Å². The third-order valence-electron chi connectivity index (χ3n) is 4.73. The molecule has 3 rings (SSSR count). The zero-order chi connectivity index (χ0) is 16.3. The van der Waals surface area contributed by atoms with E-state index in [1.165, 1.54) is 22.7 Å². The van der Waals surface area contributed by atoms with Crippen molar-refractivity contribution in [1.82, 2.24) is 18.5 Å². The lowest BCUT2D eigenvalue weighted by atomic mass is 10.2. The Labute approximate surface area is 139 Å². The van der Waals surface area contributed by atoms with Crippen LogP contribution in [0.3, 0.4) is 0 Å². The highest BCUT2D eigenvalue weighted by Crippen LogP contribution is 2.30. The first-order chi connectivity index (χ1) is 11.1. The fourth-order valence-corrected chi connectivity index (χ4v) is 4.39. The average Bonchev–Trinajstić information content (AvgIpc) is 3.38. The topological polar surface area (TPSA) is 56.8 Å². The molecule has 1 aliphatic heterocycles. The first-order valence-electron chi connectivity index (χ1n) is 8.38. The maximum atomic E-state index is 12.6. The molecule has 7 heteroatoms. The van der Waals surface area contributed by atoms with E-state index in [0.717, 1.165) is 26.1 Å². The minimum atomic E-state index is -3.28. The number of nitrogens with zero attached hydrogens (tertiary/aromatic N) is 4. The smallest absolute Gasteiger partial charge is 0.281 e. The Morgan fingerprint density at radius 2 is 1.83 bits per heavy atom. The van der Waals surface area contributed by atoms with Gasteiger partial charge in [-0.05, 0) is 42.9 Å². The summed E-state index contributed by atoms with van der Waals surface area (Å²) >= 11 is 0. The van der Waals surface area contributed by atoms with Gasteiger partial charge in [0.25, 0.3) is 10.2 Å². The molecule has 1 aromatic heterocycles. The molecule has 0 N–H and O–H groups in total. The van der Waals surface area contributed by atoms with Crippen LogP contribution in [0.1, 0.15) is 18.4 Å². The van der Waals surface area contributed by atoms with Gasteiger partial charge in [-0.25, -0.2) is 0 Å². The van der Waals surface area contributed by atoms with Gasteiger partial charge in [-0.1, -0.05) is 0 Å². The fourth-order valence-electron chi connectivity index (χ4n) is 2.98. The molecule has 128 valence electrons. The Morgan fingerprint density at radius 1 is 1.17 bits per heavy atom. The largest absolute Gasteiger partial charge is 0.300 e. The maximum Gasteiger partial charge on any atom is 0.281 e. The summed E-state index contributed by atoms with van der Waals surface area (Å²) < 4.78 is 28.3. The highest BCUT2D eigenvalue weighted by Gasteiger charge is 2.33. The van der Waals surface area contributed by atoms with E-state index in [2.05, 4.69) is 9.88 Å². The van der Waals surface area contributed by atoms with Gasteiger partial charge in [0.1, 0.15) is 0 Å². The zero-order valence-electron chi connectivity index (χ0n) is 13.8. The van der Waals surface area contributed by atoms with Crippen LogP contribution in [-0.2, 0) is 16.6 Å². The molecule has 2 heterocycles. The molecule has 0 bridgehead atoms. The van der Waals surface area contributed by atoms with Crippen molar-refractivity contribution in [2.24, 2.45) is 5.92 Å². The van der Waals surface area contributed by atoms with Crippen LogP contribution in [0.5, 0.6) is 0 Å². The van der Waals surface area contributed by atoms with Crippen LogP contribution in [0.2, 0.25) is 0 Å². The summed E-state index contributed by atoms with van der Waals surface area (Å²) in [5.74, 6) is 0.580. The molecule has 1 aliphatic carbocycles. The van der Waals surface area contributed by atoms with Gasteiger partial charge in [0.2, 0.25) is 0 Å². The lowest BCUT2D eigenvalue weighted by Gasteiger charge is -2.35. The van der Waals surface area contributed by atoms with Crippen molar-refractivity contribution in [2.75, 3.05) is 46.3 Å². The summed E-state index contributed by atoms with van der Waals surface area (Å²) in [5, 5.41) is 0. The summed E-state index contributed by atoms with van der Waals surface area (Å²) in [6, 6.07) is 4.07. The Bertz CT molecular complexity index is 596. The average molecular weight is 338 g/mol. The second kappa shape index (κ2) is 7.25. The first-order valence-corrected chi connectivity index (χ1v) is 9.78. The van der Waals surface area contributed by atoms with Crippen molar-refractivity contribution in [2.45, 2.75) is 19.3 Å². The van der Waals surface area contributed by atoms with Gasteiger partial charge in [-0.2, -0.15) is 17.0 Å². The molecule has 0 aromatic carbocycles. The molecule has 1 aromatic rings. The highest BCUT2D eigenvalue weighted by molar-refractivity contribution is 7.86. The molecule has 0 unspecified atom stereocenters. The number of hydrogen-bond donors (Lipinski definition) is 0. The molecule has 0 atom stereocenters. The van der Waals surface area contributed by atoms with Gasteiger partial charge in [0.05, 0.1) is 0 Å². The maximum absolute atomic E-state index is 12.6. The standard InChI is InChI=1S/C16H26N4O2S/c1-18(14-16-2-3-16)23(21,22)20-12-10-19(11-13-20)9-6-15-4-7-17-8-5-15/h4-5,7-8,16H,2-3,6,9-14H2,1H3. The van der Waals surface area contributed by atoms with Crippen LogP contribution in [0, 0.1) is 5.92 Å². The third-order valence-corrected chi connectivity index (χ3v) is 6.68. The van der Waals surface area contributed by atoms with E-state index in [4.69, 9.17) is 0 Å². The number of pyridine rings is 1. The van der Waals surface area contributed by atoms with E-state index >= 15 is 0 Å². The van der Waals surface area contributed by atoms with Crippen molar-refractivity contribution in [3.8, 4) is 0 Å². The predicted molar refractivity (Wildman–Crippen MR) is 90.2 cm³/mol. The van der Waals surface area contributed by atoms with Crippen LogP contribution in [0.25, 0.3) is 0 Å². The van der Waals surface area contributed by atoms with E-state index in [9.17, 15) is 8.42 Å². The van der Waals surface area contributed by atoms with Crippen LogP contribution in [0.4, 0.5) is 0 Å². The summed E-state index contributed by atoms with van der Waals surface area (Å²) in [4.78, 5) is 6.37. The molecule has 6 nitrogen and oxygen atoms in total. The molecule has 2 aliphatic rings. The normalized spacial score (nSPS) is 21.0. The number of rotatable bonds is 7. The number of hydrogen-bond acceptors (Lipinski definition) is 4.